The van der Waals surface area contributed by atoms with Crippen molar-refractivity contribution >= 4 is 11.6 Å². The largest absolute Gasteiger partial charge is 0.485 e. The van der Waals surface area contributed by atoms with E-state index >= 15 is 0 Å². The molecule has 2 atom stereocenters. The molecule has 0 bridgehead atoms. The van der Waals surface area contributed by atoms with Crippen molar-refractivity contribution in [3.05, 3.63) is 64.4 Å². The van der Waals surface area contributed by atoms with E-state index in [-0.39, 0.29) is 11.9 Å². The van der Waals surface area contributed by atoms with Gasteiger partial charge >= 0.3 is 0 Å². The zero-order valence-electron chi connectivity index (χ0n) is 10.0. The minimum Gasteiger partial charge on any atom is -0.485 e. The highest BCUT2D eigenvalue weighted by Gasteiger charge is 2.29. The van der Waals surface area contributed by atoms with Gasteiger partial charge in [0, 0.05) is 22.6 Å². The van der Waals surface area contributed by atoms with Gasteiger partial charge in [-0.3, -0.25) is 0 Å². The summed E-state index contributed by atoms with van der Waals surface area (Å²) in [6.45, 7) is 0. The van der Waals surface area contributed by atoms with Gasteiger partial charge in [-0.05, 0) is 24.3 Å². The van der Waals surface area contributed by atoms with Crippen LogP contribution >= 0.6 is 11.6 Å². The van der Waals surface area contributed by atoms with E-state index in [0.29, 0.717) is 22.8 Å². The van der Waals surface area contributed by atoms with Gasteiger partial charge in [-0.1, -0.05) is 29.8 Å². The molecular weight excluding hydrogens is 267 g/mol. The van der Waals surface area contributed by atoms with Gasteiger partial charge in [0.1, 0.15) is 17.7 Å². The zero-order valence-corrected chi connectivity index (χ0v) is 10.8. The predicted octanol–water partition coefficient (Wildman–Crippen LogP) is 4.04. The molecular formula is C15H12ClFO2. The molecule has 0 amide bonds. The van der Waals surface area contributed by atoms with Crippen LogP contribution in [0.1, 0.15) is 29.8 Å². The number of halogens is 2. The normalized spacial score (nSPS) is 21.6. The molecule has 2 nitrogen and oxygen atoms in total. The number of rotatable bonds is 1. The van der Waals surface area contributed by atoms with Gasteiger partial charge in [-0.2, -0.15) is 0 Å². The maximum atomic E-state index is 13.2. The molecule has 0 fully saturated rings. The molecule has 1 aliphatic heterocycles. The number of aliphatic hydroxyl groups is 1. The number of aliphatic hydroxyl groups excluding tert-OH is 1. The van der Waals surface area contributed by atoms with Crippen molar-refractivity contribution in [2.75, 3.05) is 0 Å². The molecule has 0 aliphatic carbocycles. The molecule has 4 heteroatoms. The molecule has 2 aromatic carbocycles. The topological polar surface area (TPSA) is 29.5 Å². The lowest BCUT2D eigenvalue weighted by molar-refractivity contribution is 0.0654. The Balaban J connectivity index is 1.97. The molecule has 1 unspecified atom stereocenters. The second-order valence-corrected chi connectivity index (χ2v) is 4.97. The SMILES string of the molecule is O[C@@H]1CC(c2ccccc2Cl)Oc2ccc(F)cc21. The Morgan fingerprint density at radius 1 is 1.16 bits per heavy atom. The Bertz CT molecular complexity index is 615. The van der Waals surface area contributed by atoms with Gasteiger partial charge in [-0.15, -0.1) is 0 Å². The smallest absolute Gasteiger partial charge is 0.128 e. The van der Waals surface area contributed by atoms with Crippen LogP contribution in [-0.2, 0) is 0 Å². The van der Waals surface area contributed by atoms with Crippen LogP contribution in [0.4, 0.5) is 4.39 Å². The Morgan fingerprint density at radius 2 is 1.95 bits per heavy atom. The zero-order chi connectivity index (χ0) is 13.4. The summed E-state index contributed by atoms with van der Waals surface area (Å²) < 4.78 is 19.0. The highest BCUT2D eigenvalue weighted by Crippen LogP contribution is 2.42. The molecule has 1 N–H and O–H groups in total. The van der Waals surface area contributed by atoms with Crippen LogP contribution in [0.3, 0.4) is 0 Å². The van der Waals surface area contributed by atoms with Crippen LogP contribution < -0.4 is 4.74 Å². The summed E-state index contributed by atoms with van der Waals surface area (Å²) in [5.74, 6) is 0.127. The Hall–Kier alpha value is -1.58. The Labute approximate surface area is 115 Å². The van der Waals surface area contributed by atoms with E-state index in [0.717, 1.165) is 5.56 Å². The fourth-order valence-electron chi connectivity index (χ4n) is 2.34. The first-order valence-corrected chi connectivity index (χ1v) is 6.41. The average Bonchev–Trinajstić information content (AvgIpc) is 2.40. The van der Waals surface area contributed by atoms with Crippen molar-refractivity contribution < 1.29 is 14.2 Å². The van der Waals surface area contributed by atoms with E-state index in [1.54, 1.807) is 6.07 Å². The van der Waals surface area contributed by atoms with Gasteiger partial charge in [0.2, 0.25) is 0 Å². The van der Waals surface area contributed by atoms with Crippen LogP contribution in [0.5, 0.6) is 5.75 Å². The third-order valence-electron chi connectivity index (χ3n) is 3.29. The number of hydrogen-bond donors (Lipinski definition) is 1. The van der Waals surface area contributed by atoms with Crippen LogP contribution in [0.25, 0.3) is 0 Å². The van der Waals surface area contributed by atoms with Gasteiger partial charge in [0.05, 0.1) is 6.10 Å². The Kier molecular flexibility index (Phi) is 3.17. The van der Waals surface area contributed by atoms with Crippen LogP contribution in [0.2, 0.25) is 5.02 Å². The maximum Gasteiger partial charge on any atom is 0.128 e. The van der Waals surface area contributed by atoms with E-state index in [4.69, 9.17) is 16.3 Å². The summed E-state index contributed by atoms with van der Waals surface area (Å²) in [5.41, 5.74) is 1.32. The van der Waals surface area contributed by atoms with E-state index in [9.17, 15) is 9.50 Å². The first kappa shape index (κ1) is 12.5. The number of ether oxygens (including phenoxy) is 1. The second-order valence-electron chi connectivity index (χ2n) is 4.56. The summed E-state index contributed by atoms with van der Waals surface area (Å²) in [7, 11) is 0. The lowest BCUT2D eigenvalue weighted by Gasteiger charge is -2.30. The van der Waals surface area contributed by atoms with Crippen LogP contribution in [0, 0.1) is 5.82 Å². The lowest BCUT2D eigenvalue weighted by atomic mass is 9.95. The van der Waals surface area contributed by atoms with E-state index in [1.807, 2.05) is 18.2 Å². The molecule has 98 valence electrons. The number of fused-ring (bicyclic) bond motifs is 1. The lowest BCUT2D eigenvalue weighted by Crippen LogP contribution is -2.19. The molecule has 0 radical (unpaired) electrons. The molecule has 0 saturated carbocycles. The first-order chi connectivity index (χ1) is 9.15. The minimum atomic E-state index is -0.749. The van der Waals surface area contributed by atoms with Crippen molar-refractivity contribution in [3.63, 3.8) is 0 Å². The molecule has 3 rings (SSSR count). The molecule has 19 heavy (non-hydrogen) atoms. The molecule has 2 aromatic rings. The van der Waals surface area contributed by atoms with Crippen LogP contribution in [-0.4, -0.2) is 5.11 Å². The minimum absolute atomic E-state index is 0.318. The second kappa shape index (κ2) is 4.83. The summed E-state index contributed by atoms with van der Waals surface area (Å²) in [4.78, 5) is 0. The van der Waals surface area contributed by atoms with E-state index < -0.39 is 6.10 Å². The molecule has 0 spiro atoms. The molecule has 0 saturated heterocycles. The highest BCUT2D eigenvalue weighted by atomic mass is 35.5. The summed E-state index contributed by atoms with van der Waals surface area (Å²) in [6, 6.07) is 11.5. The standard InChI is InChI=1S/C15H12ClFO2/c16-12-4-2-1-3-10(12)15-8-13(18)11-7-9(17)5-6-14(11)19-15/h1-7,13,15,18H,8H2/t13-,15?/m1/s1. The van der Waals surface area contributed by atoms with Crippen molar-refractivity contribution in [3.8, 4) is 5.75 Å². The van der Waals surface area contributed by atoms with Gasteiger partial charge in [-0.25, -0.2) is 4.39 Å². The number of hydrogen-bond acceptors (Lipinski definition) is 2. The van der Waals surface area contributed by atoms with Crippen molar-refractivity contribution in [1.29, 1.82) is 0 Å². The molecule has 1 heterocycles. The van der Waals surface area contributed by atoms with Crippen LogP contribution in [0.15, 0.2) is 42.5 Å². The highest BCUT2D eigenvalue weighted by molar-refractivity contribution is 6.31. The fourth-order valence-corrected chi connectivity index (χ4v) is 2.60. The first-order valence-electron chi connectivity index (χ1n) is 6.04. The van der Waals surface area contributed by atoms with E-state index in [1.165, 1.54) is 18.2 Å². The summed E-state index contributed by atoms with van der Waals surface area (Å²) >= 11 is 6.14. The van der Waals surface area contributed by atoms with Gasteiger partial charge < -0.3 is 9.84 Å². The predicted molar refractivity (Wildman–Crippen MR) is 70.8 cm³/mol. The van der Waals surface area contributed by atoms with E-state index in [2.05, 4.69) is 0 Å². The molecule has 1 aliphatic rings. The summed E-state index contributed by atoms with van der Waals surface area (Å²) in [6.07, 6.45) is -0.706. The third-order valence-corrected chi connectivity index (χ3v) is 3.63. The monoisotopic (exact) mass is 278 g/mol. The fraction of sp³-hybridized carbons (Fsp3) is 0.200. The summed E-state index contributed by atoms with van der Waals surface area (Å²) in [5, 5.41) is 10.7. The average molecular weight is 279 g/mol. The third kappa shape index (κ3) is 2.31. The molecule has 0 aromatic heterocycles. The van der Waals surface area contributed by atoms with Gasteiger partial charge in [0.15, 0.2) is 0 Å². The number of benzene rings is 2. The quantitative estimate of drug-likeness (QED) is 0.853. The van der Waals surface area contributed by atoms with Crippen molar-refractivity contribution in [2.45, 2.75) is 18.6 Å². The Morgan fingerprint density at radius 3 is 2.74 bits per heavy atom. The van der Waals surface area contributed by atoms with Crippen molar-refractivity contribution in [2.24, 2.45) is 0 Å². The maximum absolute atomic E-state index is 13.2. The van der Waals surface area contributed by atoms with Gasteiger partial charge in [0.25, 0.3) is 0 Å². The van der Waals surface area contributed by atoms with Crippen molar-refractivity contribution in [1.82, 2.24) is 0 Å².